The standard InChI is InChI=1S/C11H25NS/c1-10(2)12(11(3)4)8-6-5-7-9-13/h10-11,13H,5-9H2,1-4H3. The molecule has 2 heteroatoms. The highest BCUT2D eigenvalue weighted by atomic mass is 32.1. The van der Waals surface area contributed by atoms with E-state index in [4.69, 9.17) is 0 Å². The van der Waals surface area contributed by atoms with E-state index < -0.39 is 0 Å². The van der Waals surface area contributed by atoms with E-state index in [2.05, 4.69) is 45.2 Å². The fourth-order valence-corrected chi connectivity index (χ4v) is 1.92. The van der Waals surface area contributed by atoms with Gasteiger partial charge in [0.15, 0.2) is 0 Å². The van der Waals surface area contributed by atoms with E-state index in [0.29, 0.717) is 12.1 Å². The lowest BCUT2D eigenvalue weighted by Gasteiger charge is -2.30. The topological polar surface area (TPSA) is 3.24 Å². The fraction of sp³-hybridized carbons (Fsp3) is 1.00. The van der Waals surface area contributed by atoms with Gasteiger partial charge in [-0.3, -0.25) is 4.90 Å². The lowest BCUT2D eigenvalue weighted by molar-refractivity contribution is 0.171. The predicted molar refractivity (Wildman–Crippen MR) is 64.7 cm³/mol. The maximum Gasteiger partial charge on any atom is 0.00412 e. The Morgan fingerprint density at radius 3 is 1.85 bits per heavy atom. The van der Waals surface area contributed by atoms with Crippen molar-refractivity contribution in [3.8, 4) is 0 Å². The van der Waals surface area contributed by atoms with Crippen LogP contribution in [-0.2, 0) is 0 Å². The van der Waals surface area contributed by atoms with Crippen molar-refractivity contribution in [2.75, 3.05) is 12.3 Å². The summed E-state index contributed by atoms with van der Waals surface area (Å²) in [6.45, 7) is 10.3. The third kappa shape index (κ3) is 6.39. The van der Waals surface area contributed by atoms with Crippen molar-refractivity contribution in [1.82, 2.24) is 4.90 Å². The number of rotatable bonds is 7. The maximum atomic E-state index is 4.21. The largest absolute Gasteiger partial charge is 0.299 e. The Morgan fingerprint density at radius 1 is 0.923 bits per heavy atom. The van der Waals surface area contributed by atoms with Crippen LogP contribution < -0.4 is 0 Å². The second-order valence-corrected chi connectivity index (χ2v) is 4.66. The van der Waals surface area contributed by atoms with Crippen molar-refractivity contribution >= 4 is 12.6 Å². The molecular formula is C11H25NS. The molecule has 0 rings (SSSR count). The van der Waals surface area contributed by atoms with Crippen molar-refractivity contribution in [2.24, 2.45) is 0 Å². The van der Waals surface area contributed by atoms with Crippen LogP contribution in [0.3, 0.4) is 0 Å². The zero-order valence-electron chi connectivity index (χ0n) is 9.58. The molecule has 0 fully saturated rings. The molecule has 0 aliphatic rings. The minimum absolute atomic E-state index is 0.677. The van der Waals surface area contributed by atoms with Gasteiger partial charge in [-0.05, 0) is 52.8 Å². The highest BCUT2D eigenvalue weighted by Crippen LogP contribution is 2.07. The Balaban J connectivity index is 3.58. The van der Waals surface area contributed by atoms with Gasteiger partial charge in [0.1, 0.15) is 0 Å². The Labute approximate surface area is 89.3 Å². The molecule has 0 atom stereocenters. The summed E-state index contributed by atoms with van der Waals surface area (Å²) in [4.78, 5) is 2.55. The molecule has 0 spiro atoms. The van der Waals surface area contributed by atoms with Crippen molar-refractivity contribution in [3.63, 3.8) is 0 Å². The average Bonchev–Trinajstić information content (AvgIpc) is 2.02. The molecule has 0 unspecified atom stereocenters. The van der Waals surface area contributed by atoms with E-state index in [9.17, 15) is 0 Å². The first-order chi connectivity index (χ1) is 6.09. The van der Waals surface area contributed by atoms with Crippen LogP contribution in [-0.4, -0.2) is 29.3 Å². The summed E-state index contributed by atoms with van der Waals surface area (Å²) >= 11 is 4.21. The Bertz CT molecular complexity index is 105. The number of nitrogens with zero attached hydrogens (tertiary/aromatic N) is 1. The minimum Gasteiger partial charge on any atom is -0.299 e. The number of thiol groups is 1. The zero-order valence-corrected chi connectivity index (χ0v) is 10.5. The van der Waals surface area contributed by atoms with Gasteiger partial charge in [0, 0.05) is 12.1 Å². The minimum atomic E-state index is 0.677. The molecule has 80 valence electrons. The molecule has 0 N–H and O–H groups in total. The number of hydrogen-bond donors (Lipinski definition) is 1. The van der Waals surface area contributed by atoms with Crippen LogP contribution in [0.5, 0.6) is 0 Å². The van der Waals surface area contributed by atoms with Gasteiger partial charge in [0.2, 0.25) is 0 Å². The number of hydrogen-bond acceptors (Lipinski definition) is 2. The molecule has 13 heavy (non-hydrogen) atoms. The molecular weight excluding hydrogens is 178 g/mol. The van der Waals surface area contributed by atoms with Gasteiger partial charge in [0.25, 0.3) is 0 Å². The summed E-state index contributed by atoms with van der Waals surface area (Å²) in [7, 11) is 0. The highest BCUT2D eigenvalue weighted by Gasteiger charge is 2.11. The van der Waals surface area contributed by atoms with Gasteiger partial charge in [-0.15, -0.1) is 0 Å². The van der Waals surface area contributed by atoms with Crippen LogP contribution in [0, 0.1) is 0 Å². The van der Waals surface area contributed by atoms with E-state index in [-0.39, 0.29) is 0 Å². The third-order valence-corrected chi connectivity index (χ3v) is 2.72. The van der Waals surface area contributed by atoms with Gasteiger partial charge < -0.3 is 0 Å². The highest BCUT2D eigenvalue weighted by molar-refractivity contribution is 7.80. The van der Waals surface area contributed by atoms with Crippen molar-refractivity contribution in [3.05, 3.63) is 0 Å². The Kier molecular flexibility index (Phi) is 7.87. The van der Waals surface area contributed by atoms with E-state index in [1.165, 1.54) is 25.8 Å². The SMILES string of the molecule is CC(C)N(CCCCCS)C(C)C. The summed E-state index contributed by atoms with van der Waals surface area (Å²) in [6, 6.07) is 1.35. The van der Waals surface area contributed by atoms with Crippen molar-refractivity contribution in [1.29, 1.82) is 0 Å². The van der Waals surface area contributed by atoms with E-state index >= 15 is 0 Å². The monoisotopic (exact) mass is 203 g/mol. The van der Waals surface area contributed by atoms with E-state index in [1.807, 2.05) is 0 Å². The first-order valence-corrected chi connectivity index (χ1v) is 6.09. The van der Waals surface area contributed by atoms with Gasteiger partial charge >= 0.3 is 0 Å². The van der Waals surface area contributed by atoms with Crippen LogP contribution in [0.2, 0.25) is 0 Å². The predicted octanol–water partition coefficient (Wildman–Crippen LogP) is 3.21. The summed E-state index contributed by atoms with van der Waals surface area (Å²) in [5, 5.41) is 0. The lowest BCUT2D eigenvalue weighted by Crippen LogP contribution is -2.37. The van der Waals surface area contributed by atoms with Crippen LogP contribution in [0.15, 0.2) is 0 Å². The summed E-state index contributed by atoms with van der Waals surface area (Å²) < 4.78 is 0. The van der Waals surface area contributed by atoms with Crippen LogP contribution in [0.1, 0.15) is 47.0 Å². The maximum absolute atomic E-state index is 4.21. The van der Waals surface area contributed by atoms with Gasteiger partial charge in [-0.25, -0.2) is 0 Å². The molecule has 0 amide bonds. The number of unbranched alkanes of at least 4 members (excludes halogenated alkanes) is 2. The average molecular weight is 203 g/mol. The second kappa shape index (κ2) is 7.69. The normalized spacial score (nSPS) is 12.0. The molecule has 0 aromatic carbocycles. The molecule has 0 radical (unpaired) electrons. The molecule has 0 bridgehead atoms. The first-order valence-electron chi connectivity index (χ1n) is 5.46. The third-order valence-electron chi connectivity index (χ3n) is 2.40. The summed E-state index contributed by atoms with van der Waals surface area (Å²) in [5.41, 5.74) is 0. The summed E-state index contributed by atoms with van der Waals surface area (Å²) in [5.74, 6) is 1.03. The smallest absolute Gasteiger partial charge is 0.00412 e. The van der Waals surface area contributed by atoms with Crippen molar-refractivity contribution < 1.29 is 0 Å². The molecule has 0 saturated carbocycles. The molecule has 0 aliphatic carbocycles. The van der Waals surface area contributed by atoms with Crippen LogP contribution >= 0.6 is 12.6 Å². The second-order valence-electron chi connectivity index (χ2n) is 4.21. The van der Waals surface area contributed by atoms with Crippen molar-refractivity contribution in [2.45, 2.75) is 59.0 Å². The molecule has 0 saturated heterocycles. The van der Waals surface area contributed by atoms with Gasteiger partial charge in [0.05, 0.1) is 0 Å². The first kappa shape index (κ1) is 13.3. The molecule has 0 aromatic heterocycles. The molecule has 0 aliphatic heterocycles. The fourth-order valence-electron chi connectivity index (χ4n) is 1.70. The Hall–Kier alpha value is 0.310. The quantitative estimate of drug-likeness (QED) is 0.491. The van der Waals surface area contributed by atoms with Gasteiger partial charge in [-0.1, -0.05) is 6.42 Å². The lowest BCUT2D eigenvalue weighted by atomic mass is 10.2. The molecule has 1 nitrogen and oxygen atoms in total. The van der Waals surface area contributed by atoms with Crippen LogP contribution in [0.4, 0.5) is 0 Å². The summed E-state index contributed by atoms with van der Waals surface area (Å²) in [6.07, 6.45) is 3.89. The van der Waals surface area contributed by atoms with E-state index in [0.717, 1.165) is 5.75 Å². The van der Waals surface area contributed by atoms with Gasteiger partial charge in [-0.2, -0.15) is 12.6 Å². The Morgan fingerprint density at radius 2 is 1.46 bits per heavy atom. The van der Waals surface area contributed by atoms with E-state index in [1.54, 1.807) is 0 Å². The van der Waals surface area contributed by atoms with Crippen LogP contribution in [0.25, 0.3) is 0 Å². The molecule has 0 aromatic rings. The molecule has 0 heterocycles. The zero-order chi connectivity index (χ0) is 10.3.